The van der Waals surface area contributed by atoms with Crippen LogP contribution in [-0.2, 0) is 0 Å². The minimum atomic E-state index is 0.340. The summed E-state index contributed by atoms with van der Waals surface area (Å²) in [6, 6.07) is 10.0. The Kier molecular flexibility index (Phi) is 4.47. The number of nitrogens with one attached hydrogen (secondary N) is 1. The maximum absolute atomic E-state index is 5.57. The maximum atomic E-state index is 5.57. The van der Waals surface area contributed by atoms with Crippen molar-refractivity contribution < 1.29 is 4.74 Å². The van der Waals surface area contributed by atoms with Gasteiger partial charge >= 0.3 is 0 Å². The van der Waals surface area contributed by atoms with Crippen molar-refractivity contribution in [2.24, 2.45) is 5.84 Å². The Bertz CT molecular complexity index is 555. The molecule has 0 spiro atoms. The lowest BCUT2D eigenvalue weighted by atomic mass is 10.2. The second kappa shape index (κ2) is 6.51. The van der Waals surface area contributed by atoms with Crippen LogP contribution in [-0.4, -0.2) is 16.6 Å². The van der Waals surface area contributed by atoms with Gasteiger partial charge in [-0.15, -0.1) is 0 Å². The molecule has 0 fully saturated rings. The molecule has 0 aliphatic rings. The van der Waals surface area contributed by atoms with Gasteiger partial charge in [-0.3, -0.25) is 5.43 Å². The van der Waals surface area contributed by atoms with Crippen LogP contribution >= 0.6 is 0 Å². The van der Waals surface area contributed by atoms with Gasteiger partial charge in [0.15, 0.2) is 0 Å². The number of nitrogens with two attached hydrogens (primary N) is 1. The van der Waals surface area contributed by atoms with Gasteiger partial charge in [0.1, 0.15) is 6.61 Å². The Morgan fingerprint density at radius 1 is 1.32 bits per heavy atom. The summed E-state index contributed by atoms with van der Waals surface area (Å²) in [5.41, 5.74) is 4.39. The van der Waals surface area contributed by atoms with Crippen LogP contribution in [0.5, 0.6) is 5.88 Å². The van der Waals surface area contributed by atoms with Crippen LogP contribution in [0.15, 0.2) is 42.6 Å². The highest BCUT2D eigenvalue weighted by Gasteiger charge is 2.02. The molecular formula is C14H16N4O. The average Bonchev–Trinajstić information content (AvgIpc) is 2.46. The van der Waals surface area contributed by atoms with Crippen molar-refractivity contribution in [3.05, 3.63) is 53.7 Å². The SMILES string of the molecule is Cc1cnc(NN)nc1OC/C=C/c1ccccc1. The van der Waals surface area contributed by atoms with E-state index in [1.807, 2.05) is 49.4 Å². The van der Waals surface area contributed by atoms with E-state index in [4.69, 9.17) is 10.6 Å². The van der Waals surface area contributed by atoms with Gasteiger partial charge < -0.3 is 4.74 Å². The zero-order valence-electron chi connectivity index (χ0n) is 10.7. The monoisotopic (exact) mass is 256 g/mol. The molecule has 0 atom stereocenters. The standard InChI is InChI=1S/C14H16N4O/c1-11-10-16-14(18-15)17-13(11)19-9-5-8-12-6-3-2-4-7-12/h2-8,10H,9,15H2,1H3,(H,16,17,18)/b8-5+. The summed E-state index contributed by atoms with van der Waals surface area (Å²) >= 11 is 0. The molecule has 19 heavy (non-hydrogen) atoms. The third-order valence-corrected chi connectivity index (χ3v) is 2.48. The van der Waals surface area contributed by atoms with Gasteiger partial charge in [-0.05, 0) is 18.6 Å². The van der Waals surface area contributed by atoms with Crippen molar-refractivity contribution in [2.45, 2.75) is 6.92 Å². The van der Waals surface area contributed by atoms with Gasteiger partial charge in [0.05, 0.1) is 0 Å². The third kappa shape index (κ3) is 3.79. The first-order valence-corrected chi connectivity index (χ1v) is 5.94. The molecule has 5 nitrogen and oxygen atoms in total. The highest BCUT2D eigenvalue weighted by atomic mass is 16.5. The molecule has 0 unspecified atom stereocenters. The Hall–Kier alpha value is -2.40. The highest BCUT2D eigenvalue weighted by Crippen LogP contribution is 2.14. The highest BCUT2D eigenvalue weighted by molar-refractivity contribution is 5.48. The Morgan fingerprint density at radius 3 is 2.84 bits per heavy atom. The van der Waals surface area contributed by atoms with Gasteiger partial charge in [0.25, 0.3) is 0 Å². The molecule has 0 saturated carbocycles. The number of aryl methyl sites for hydroxylation is 1. The molecule has 0 radical (unpaired) electrons. The predicted molar refractivity (Wildman–Crippen MR) is 75.6 cm³/mol. The minimum Gasteiger partial charge on any atom is -0.473 e. The van der Waals surface area contributed by atoms with E-state index in [0.717, 1.165) is 11.1 Å². The van der Waals surface area contributed by atoms with Crippen molar-refractivity contribution >= 4 is 12.0 Å². The van der Waals surface area contributed by atoms with Gasteiger partial charge in [-0.1, -0.05) is 36.4 Å². The predicted octanol–water partition coefficient (Wildman–Crippen LogP) is 2.16. The first kappa shape index (κ1) is 13.0. The maximum Gasteiger partial charge on any atom is 0.240 e. The van der Waals surface area contributed by atoms with Gasteiger partial charge in [-0.2, -0.15) is 4.98 Å². The minimum absolute atomic E-state index is 0.340. The van der Waals surface area contributed by atoms with E-state index in [-0.39, 0.29) is 0 Å². The fraction of sp³-hybridized carbons (Fsp3) is 0.143. The Balaban J connectivity index is 1.94. The number of benzene rings is 1. The van der Waals surface area contributed by atoms with E-state index >= 15 is 0 Å². The van der Waals surface area contributed by atoms with Crippen molar-refractivity contribution in [1.29, 1.82) is 0 Å². The first-order chi connectivity index (χ1) is 9.29. The van der Waals surface area contributed by atoms with Crippen LogP contribution < -0.4 is 16.0 Å². The summed E-state index contributed by atoms with van der Waals surface area (Å²) in [5.74, 6) is 6.12. The molecule has 0 saturated heterocycles. The third-order valence-electron chi connectivity index (χ3n) is 2.48. The lowest BCUT2D eigenvalue weighted by Crippen LogP contribution is -2.11. The van der Waals surface area contributed by atoms with E-state index in [2.05, 4.69) is 15.4 Å². The number of rotatable bonds is 5. The number of hydrogen-bond donors (Lipinski definition) is 2. The molecule has 2 aromatic rings. The second-order valence-corrected chi connectivity index (χ2v) is 3.95. The largest absolute Gasteiger partial charge is 0.473 e. The van der Waals surface area contributed by atoms with Crippen LogP contribution in [0.1, 0.15) is 11.1 Å². The Morgan fingerprint density at radius 2 is 2.11 bits per heavy atom. The molecule has 3 N–H and O–H groups in total. The lowest BCUT2D eigenvalue weighted by Gasteiger charge is -2.06. The number of nitrogens with zero attached hydrogens (tertiary/aromatic N) is 2. The number of ether oxygens (including phenoxy) is 1. The van der Waals surface area contributed by atoms with Gasteiger partial charge in [0.2, 0.25) is 11.8 Å². The molecule has 0 aliphatic heterocycles. The number of hydrazine groups is 1. The van der Waals surface area contributed by atoms with Crippen LogP contribution in [0.3, 0.4) is 0 Å². The molecule has 0 aliphatic carbocycles. The van der Waals surface area contributed by atoms with E-state index in [0.29, 0.717) is 18.4 Å². The van der Waals surface area contributed by atoms with E-state index in [1.54, 1.807) is 6.20 Å². The van der Waals surface area contributed by atoms with E-state index < -0.39 is 0 Å². The molecule has 5 heteroatoms. The molecule has 2 rings (SSSR count). The lowest BCUT2D eigenvalue weighted by molar-refractivity contribution is 0.346. The number of aromatic nitrogens is 2. The quantitative estimate of drug-likeness (QED) is 0.633. The van der Waals surface area contributed by atoms with Gasteiger partial charge in [0, 0.05) is 11.8 Å². The van der Waals surface area contributed by atoms with E-state index in [9.17, 15) is 0 Å². The molecule has 1 heterocycles. The number of hydrogen-bond acceptors (Lipinski definition) is 5. The van der Waals surface area contributed by atoms with E-state index in [1.165, 1.54) is 0 Å². The summed E-state index contributed by atoms with van der Waals surface area (Å²) in [6.07, 6.45) is 5.60. The molecule has 0 amide bonds. The summed E-state index contributed by atoms with van der Waals surface area (Å²) in [6.45, 7) is 2.33. The molecule has 1 aromatic heterocycles. The molecular weight excluding hydrogens is 240 g/mol. The van der Waals surface area contributed by atoms with Gasteiger partial charge in [-0.25, -0.2) is 10.8 Å². The van der Waals surface area contributed by atoms with Crippen molar-refractivity contribution in [1.82, 2.24) is 9.97 Å². The number of anilines is 1. The van der Waals surface area contributed by atoms with Crippen LogP contribution in [0, 0.1) is 6.92 Å². The molecule has 1 aromatic carbocycles. The zero-order chi connectivity index (χ0) is 13.5. The second-order valence-electron chi connectivity index (χ2n) is 3.95. The van der Waals surface area contributed by atoms with Crippen LogP contribution in [0.4, 0.5) is 5.95 Å². The molecule has 98 valence electrons. The summed E-state index contributed by atoms with van der Waals surface area (Å²) < 4.78 is 5.57. The number of nitrogen functional groups attached to an aromatic ring is 1. The summed E-state index contributed by atoms with van der Waals surface area (Å²) in [5, 5.41) is 0. The normalized spacial score (nSPS) is 10.6. The van der Waals surface area contributed by atoms with Crippen LogP contribution in [0.25, 0.3) is 6.08 Å². The van der Waals surface area contributed by atoms with Crippen molar-refractivity contribution in [3.8, 4) is 5.88 Å². The summed E-state index contributed by atoms with van der Waals surface area (Å²) in [4.78, 5) is 8.12. The smallest absolute Gasteiger partial charge is 0.240 e. The zero-order valence-corrected chi connectivity index (χ0v) is 10.7. The fourth-order valence-corrected chi connectivity index (χ4v) is 1.52. The topological polar surface area (TPSA) is 73.1 Å². The Labute approximate surface area is 112 Å². The van der Waals surface area contributed by atoms with Crippen molar-refractivity contribution in [3.63, 3.8) is 0 Å². The average molecular weight is 256 g/mol. The first-order valence-electron chi connectivity index (χ1n) is 5.94. The fourth-order valence-electron chi connectivity index (χ4n) is 1.52. The summed E-state index contributed by atoms with van der Waals surface area (Å²) in [7, 11) is 0. The van der Waals surface area contributed by atoms with Crippen LogP contribution in [0.2, 0.25) is 0 Å². The molecule has 0 bridgehead atoms. The van der Waals surface area contributed by atoms with Crippen molar-refractivity contribution in [2.75, 3.05) is 12.0 Å².